The first-order valence-corrected chi connectivity index (χ1v) is 22.4. The molecule has 0 spiro atoms. The molecule has 0 aromatic heterocycles. The van der Waals surface area contributed by atoms with Gasteiger partial charge < -0.3 is 111 Å². The lowest BCUT2D eigenvalue weighted by atomic mass is 9.65. The summed E-state index contributed by atoms with van der Waals surface area (Å²) in [4.78, 5) is 59.4. The topological polar surface area (TPSA) is 480 Å². The molecule has 2 aromatic carbocycles. The molecular weight excluding hydrogens is 993 g/mol. The summed E-state index contributed by atoms with van der Waals surface area (Å²) in [5, 5.41) is 211. The molecule has 2 aromatic rings. The molecule has 2 unspecified atom stereocenters. The number of rotatable bonds is 14. The Kier molecular flexibility index (Phi) is 15.9. The SMILES string of the molecule is O=C(/C=C/c1ccc(O)cc1)C1=C(O)C2=C(O[C@H]([C@@H](O)[C@H](O)[C@H](O)CO)[C@H]2C2=C(O)/C(=C(O)/C=C/c3ccc(O)cc3)C(=O)C(O)([C@@H]3O[C@H](CO)[C@@H](O)[C@H](O)[C@H]3O)C2=O)C(O)([C@@H]2O[C@H](CO)[C@@H](O)[C@H](O)[C@H]2O)C1=O. The van der Waals surface area contributed by atoms with Crippen LogP contribution in [-0.4, -0.2) is 237 Å². The second-order valence-electron chi connectivity index (χ2n) is 18.0. The van der Waals surface area contributed by atoms with E-state index in [0.29, 0.717) is 12.2 Å². The molecule has 74 heavy (non-hydrogen) atoms. The molecule has 0 radical (unpaired) electrons. The van der Waals surface area contributed by atoms with Gasteiger partial charge in [-0.15, -0.1) is 0 Å². The number of ether oxygens (including phenoxy) is 3. The van der Waals surface area contributed by atoms with E-state index >= 15 is 4.79 Å². The summed E-state index contributed by atoms with van der Waals surface area (Å²) in [6.07, 6.45) is -31.7. The molecule has 17 atom stereocenters. The van der Waals surface area contributed by atoms with Crippen LogP contribution in [0.15, 0.2) is 106 Å². The van der Waals surface area contributed by atoms with E-state index in [2.05, 4.69) is 0 Å². The Hall–Kier alpha value is -6.28. The fourth-order valence-corrected chi connectivity index (χ4v) is 9.46. The molecule has 26 nitrogen and oxygen atoms in total. The van der Waals surface area contributed by atoms with Gasteiger partial charge in [0.1, 0.15) is 131 Å². The van der Waals surface area contributed by atoms with Gasteiger partial charge in [-0.2, -0.15) is 0 Å². The molecule has 2 aliphatic carbocycles. The fraction of sp³-hybridized carbons (Fsp3) is 0.417. The van der Waals surface area contributed by atoms with Crippen molar-refractivity contribution >= 4 is 35.3 Å². The number of carbonyl (C=O) groups excluding carboxylic acids is 4. The number of Topliss-reactive ketones (excluding diaryl/α,β-unsaturated/α-hetero) is 3. The minimum atomic E-state index is -4.13. The number of allylic oxidation sites excluding steroid dienone is 4. The first-order valence-electron chi connectivity index (χ1n) is 22.4. The van der Waals surface area contributed by atoms with Crippen LogP contribution in [0.2, 0.25) is 0 Å². The summed E-state index contributed by atoms with van der Waals surface area (Å²) in [5.41, 5.74) is -13.7. The third-order valence-corrected chi connectivity index (χ3v) is 13.5. The third kappa shape index (κ3) is 9.12. The van der Waals surface area contributed by atoms with Crippen LogP contribution >= 0.6 is 0 Å². The lowest BCUT2D eigenvalue weighted by Crippen LogP contribution is -2.71. The molecule has 7 rings (SSSR count). The van der Waals surface area contributed by atoms with Crippen molar-refractivity contribution in [3.05, 3.63) is 117 Å². The Labute approximate surface area is 416 Å². The van der Waals surface area contributed by atoms with Gasteiger partial charge in [-0.1, -0.05) is 36.4 Å². The Morgan fingerprint density at radius 3 is 1.55 bits per heavy atom. The summed E-state index contributed by atoms with van der Waals surface area (Å²) >= 11 is 0. The number of phenolic OH excluding ortho intramolecular Hbond substituents is 2. The van der Waals surface area contributed by atoms with E-state index in [1.54, 1.807) is 0 Å². The Bertz CT molecular complexity index is 2720. The van der Waals surface area contributed by atoms with Crippen LogP contribution < -0.4 is 0 Å². The number of aromatic hydroxyl groups is 2. The number of benzene rings is 2. The van der Waals surface area contributed by atoms with E-state index in [4.69, 9.17) is 14.2 Å². The van der Waals surface area contributed by atoms with E-state index < -0.39 is 191 Å². The minimum absolute atomic E-state index is 0.143. The molecule has 3 aliphatic heterocycles. The van der Waals surface area contributed by atoms with E-state index in [1.165, 1.54) is 48.5 Å². The fourth-order valence-electron chi connectivity index (χ4n) is 9.46. The average molecular weight is 1040 g/mol. The zero-order chi connectivity index (χ0) is 54.6. The highest BCUT2D eigenvalue weighted by molar-refractivity contribution is 6.30. The largest absolute Gasteiger partial charge is 0.508 e. The number of ketones is 4. The molecular formula is C48H52O26. The maximum Gasteiger partial charge on any atom is 0.219 e. The molecule has 3 heterocycles. The molecule has 19 N–H and O–H groups in total. The normalized spacial score (nSPS) is 35.8. The second kappa shape index (κ2) is 21.2. The van der Waals surface area contributed by atoms with Crippen LogP contribution in [0.3, 0.4) is 0 Å². The number of hydrogen-bond donors (Lipinski definition) is 19. The highest BCUT2D eigenvalue weighted by atomic mass is 16.6. The summed E-state index contributed by atoms with van der Waals surface area (Å²) in [6.45, 7) is -3.83. The molecule has 0 amide bonds. The quantitative estimate of drug-likeness (QED) is 0.0362. The van der Waals surface area contributed by atoms with Crippen LogP contribution in [0.4, 0.5) is 0 Å². The van der Waals surface area contributed by atoms with Crippen molar-refractivity contribution in [2.45, 2.75) is 96.7 Å². The van der Waals surface area contributed by atoms with Crippen LogP contribution in [0.1, 0.15) is 11.1 Å². The standard InChI is InChI=1S/C48H52O26/c49-13-22(56)30(57)37(64)40-27(28-33(60)25(20(54)11-5-16-1-7-18(52)8-2-16)41(67)47(70,43(28)69)45-38(65)35(62)31(58)23(14-50)72-45)29-34(61)26(21(55)12-6-17-3-9-19(53)10-4-17)42(68)48(71,44(29)74-40)46-39(66)36(63)32(59)24(15-51)73-46/h1-12,22-24,27,30-32,35-40,45-46,49-54,56-66,70-71H,13-15H2/b11-5+,12-6+,25-20+/t22-,23-,24-,27+,30-,31-,32-,35+,36+,37+,38-,39-,40+,45-,46-,47?,48?/m1/s1. The number of carbonyl (C=O) groups is 4. The van der Waals surface area contributed by atoms with Crippen molar-refractivity contribution in [1.82, 2.24) is 0 Å². The number of aliphatic hydroxyl groups is 17. The van der Waals surface area contributed by atoms with Crippen molar-refractivity contribution in [3.63, 3.8) is 0 Å². The second-order valence-corrected chi connectivity index (χ2v) is 18.0. The maximum absolute atomic E-state index is 15.4. The minimum Gasteiger partial charge on any atom is -0.508 e. The monoisotopic (exact) mass is 1040 g/mol. The molecule has 5 aliphatic rings. The van der Waals surface area contributed by atoms with Gasteiger partial charge in [0.2, 0.25) is 28.6 Å². The Balaban J connectivity index is 1.58. The van der Waals surface area contributed by atoms with Crippen molar-refractivity contribution in [2.24, 2.45) is 5.92 Å². The molecule has 0 bridgehead atoms. The molecule has 400 valence electrons. The first kappa shape index (κ1) is 55.5. The summed E-state index contributed by atoms with van der Waals surface area (Å²) in [6, 6.07) is 9.81. The third-order valence-electron chi connectivity index (χ3n) is 13.5. The predicted octanol–water partition coefficient (Wildman–Crippen LogP) is -5.94. The Morgan fingerprint density at radius 1 is 0.608 bits per heavy atom. The molecule has 0 saturated carbocycles. The highest BCUT2D eigenvalue weighted by Crippen LogP contribution is 2.54. The number of phenols is 2. The van der Waals surface area contributed by atoms with E-state index in [9.17, 15) is 111 Å². The van der Waals surface area contributed by atoms with Crippen molar-refractivity contribution in [1.29, 1.82) is 0 Å². The van der Waals surface area contributed by atoms with Crippen molar-refractivity contribution in [2.75, 3.05) is 19.8 Å². The summed E-state index contributed by atoms with van der Waals surface area (Å²) < 4.78 is 16.9. The molecule has 2 saturated heterocycles. The van der Waals surface area contributed by atoms with Gasteiger partial charge >= 0.3 is 0 Å². The first-order chi connectivity index (χ1) is 34.8. The van der Waals surface area contributed by atoms with E-state index in [0.717, 1.165) is 12.2 Å². The van der Waals surface area contributed by atoms with Gasteiger partial charge in [-0.25, -0.2) is 0 Å². The lowest BCUT2D eigenvalue weighted by Gasteiger charge is -2.47. The van der Waals surface area contributed by atoms with E-state index in [1.807, 2.05) is 0 Å². The zero-order valence-electron chi connectivity index (χ0n) is 38.1. The van der Waals surface area contributed by atoms with Gasteiger partial charge in [0.15, 0.2) is 5.78 Å². The van der Waals surface area contributed by atoms with Crippen LogP contribution in [0, 0.1) is 5.92 Å². The van der Waals surface area contributed by atoms with Crippen LogP contribution in [0.5, 0.6) is 11.5 Å². The van der Waals surface area contributed by atoms with Crippen molar-refractivity contribution in [3.8, 4) is 11.5 Å². The van der Waals surface area contributed by atoms with Gasteiger partial charge in [0.25, 0.3) is 0 Å². The maximum atomic E-state index is 15.4. The summed E-state index contributed by atoms with van der Waals surface area (Å²) in [7, 11) is 0. The van der Waals surface area contributed by atoms with Gasteiger partial charge in [-0.05, 0) is 47.5 Å². The Morgan fingerprint density at radius 2 is 1.08 bits per heavy atom. The lowest BCUT2D eigenvalue weighted by molar-refractivity contribution is -0.264. The highest BCUT2D eigenvalue weighted by Gasteiger charge is 2.70. The predicted molar refractivity (Wildman–Crippen MR) is 241 cm³/mol. The zero-order valence-corrected chi connectivity index (χ0v) is 38.1. The number of hydrogen-bond acceptors (Lipinski definition) is 26. The average Bonchev–Trinajstić information content (AvgIpc) is 3.78. The molecule has 2 fully saturated rings. The van der Waals surface area contributed by atoms with Gasteiger partial charge in [-0.3, -0.25) is 19.2 Å². The van der Waals surface area contributed by atoms with Gasteiger partial charge in [0, 0.05) is 5.57 Å². The van der Waals surface area contributed by atoms with Crippen LogP contribution in [-0.2, 0) is 33.4 Å². The number of aliphatic hydroxyl groups excluding tert-OH is 15. The van der Waals surface area contributed by atoms with Gasteiger partial charge in [0.05, 0.1) is 31.3 Å². The smallest absolute Gasteiger partial charge is 0.219 e. The summed E-state index contributed by atoms with van der Waals surface area (Å²) in [5.74, 6) is -17.5. The van der Waals surface area contributed by atoms with Crippen molar-refractivity contribution < 1.29 is 130 Å². The van der Waals surface area contributed by atoms with Crippen LogP contribution in [0.25, 0.3) is 12.2 Å². The molecule has 26 heteroatoms. The van der Waals surface area contributed by atoms with E-state index in [-0.39, 0.29) is 22.6 Å².